The summed E-state index contributed by atoms with van der Waals surface area (Å²) in [6.45, 7) is 4.13. The van der Waals surface area contributed by atoms with Crippen LogP contribution in [-0.2, 0) is 17.8 Å². The molecule has 0 spiro atoms. The molecular weight excluding hydrogens is 430 g/mol. The van der Waals surface area contributed by atoms with Crippen LogP contribution in [0.3, 0.4) is 0 Å². The topological polar surface area (TPSA) is 93.6 Å². The Bertz CT molecular complexity index is 1370. The van der Waals surface area contributed by atoms with Crippen LogP contribution in [-0.4, -0.2) is 37.4 Å². The number of halogens is 1. The molecule has 0 unspecified atom stereocenters. The second-order valence-corrected chi connectivity index (χ2v) is 8.20. The molecule has 164 valence electrons. The third kappa shape index (κ3) is 4.01. The van der Waals surface area contributed by atoms with Crippen molar-refractivity contribution < 1.29 is 9.72 Å². The van der Waals surface area contributed by atoms with Crippen LogP contribution in [0.2, 0.25) is 5.02 Å². The lowest BCUT2D eigenvalue weighted by Gasteiger charge is -2.19. The molecule has 9 heteroatoms. The summed E-state index contributed by atoms with van der Waals surface area (Å²) < 4.78 is 1.84. The van der Waals surface area contributed by atoms with Gasteiger partial charge in [-0.15, -0.1) is 0 Å². The minimum atomic E-state index is -0.477. The molecule has 8 nitrogen and oxygen atoms in total. The molecule has 0 radical (unpaired) electrons. The van der Waals surface area contributed by atoms with E-state index in [0.717, 1.165) is 33.5 Å². The zero-order chi connectivity index (χ0) is 23.0. The molecule has 2 aromatic heterocycles. The number of nitrogens with zero attached hydrogens (tertiary/aromatic N) is 5. The number of hydrogen-bond acceptors (Lipinski definition) is 5. The first-order valence-electron chi connectivity index (χ1n) is 10.2. The largest absolute Gasteiger partial charge is 0.341 e. The summed E-state index contributed by atoms with van der Waals surface area (Å²) >= 11 is 6.17. The van der Waals surface area contributed by atoms with Crippen LogP contribution in [0.5, 0.6) is 0 Å². The number of non-ortho nitro benzene ring substituents is 1. The van der Waals surface area contributed by atoms with Gasteiger partial charge in [0.2, 0.25) is 5.91 Å². The molecule has 0 aliphatic carbocycles. The van der Waals surface area contributed by atoms with E-state index in [1.54, 1.807) is 7.05 Å². The number of hydrogen-bond donors (Lipinski definition) is 0. The predicted molar refractivity (Wildman–Crippen MR) is 123 cm³/mol. The number of carbonyl (C=O) groups is 1. The highest BCUT2D eigenvalue weighted by Crippen LogP contribution is 2.25. The molecule has 0 N–H and O–H groups in total. The molecule has 2 heterocycles. The molecule has 0 aliphatic rings. The molecule has 0 fully saturated rings. The Balaban J connectivity index is 1.52. The lowest BCUT2D eigenvalue weighted by Crippen LogP contribution is -2.26. The molecule has 0 atom stereocenters. The van der Waals surface area contributed by atoms with Gasteiger partial charge in [0.15, 0.2) is 5.65 Å². The molecule has 0 saturated carbocycles. The lowest BCUT2D eigenvalue weighted by atomic mass is 10.1. The Hall–Kier alpha value is -3.52. The molecule has 0 bridgehead atoms. The fourth-order valence-electron chi connectivity index (χ4n) is 3.90. The third-order valence-electron chi connectivity index (χ3n) is 5.68. The maximum Gasteiger partial charge on any atom is 0.269 e. The van der Waals surface area contributed by atoms with Gasteiger partial charge in [-0.1, -0.05) is 23.7 Å². The normalized spacial score (nSPS) is 11.2. The summed E-state index contributed by atoms with van der Waals surface area (Å²) in [5, 5.41) is 17.1. The first-order valence-corrected chi connectivity index (χ1v) is 10.5. The highest BCUT2D eigenvalue weighted by molar-refractivity contribution is 6.31. The quantitative estimate of drug-likeness (QED) is 0.314. The van der Waals surface area contributed by atoms with Gasteiger partial charge in [0.05, 0.1) is 10.4 Å². The number of nitro groups is 1. The molecule has 4 rings (SSSR count). The maximum atomic E-state index is 12.8. The van der Waals surface area contributed by atoms with E-state index in [0.29, 0.717) is 17.0 Å². The first-order chi connectivity index (χ1) is 15.3. The summed E-state index contributed by atoms with van der Waals surface area (Å²) in [7, 11) is 1.67. The van der Waals surface area contributed by atoms with E-state index in [2.05, 4.69) is 5.10 Å². The van der Waals surface area contributed by atoms with Gasteiger partial charge >= 0.3 is 0 Å². The average Bonchev–Trinajstić information content (AvgIpc) is 3.13. The number of aryl methyl sites for hydroxylation is 2. The molecule has 2 aromatic carbocycles. The fraction of sp³-hybridized carbons (Fsp3) is 0.261. The zero-order valence-corrected chi connectivity index (χ0v) is 18.8. The average molecular weight is 452 g/mol. The second-order valence-electron chi connectivity index (χ2n) is 7.80. The highest BCUT2D eigenvalue weighted by atomic mass is 35.5. The Labute approximate surface area is 189 Å². The Kier molecular flexibility index (Phi) is 5.80. The van der Waals surface area contributed by atoms with Crippen LogP contribution in [0.1, 0.15) is 28.9 Å². The zero-order valence-electron chi connectivity index (χ0n) is 18.0. The van der Waals surface area contributed by atoms with Crippen LogP contribution in [0.15, 0.2) is 42.5 Å². The van der Waals surface area contributed by atoms with E-state index < -0.39 is 4.92 Å². The van der Waals surface area contributed by atoms with E-state index >= 15 is 0 Å². The minimum absolute atomic E-state index is 0.0533. The Morgan fingerprint density at radius 1 is 1.22 bits per heavy atom. The van der Waals surface area contributed by atoms with E-state index in [-0.39, 0.29) is 24.6 Å². The van der Waals surface area contributed by atoms with Crippen molar-refractivity contribution in [1.29, 1.82) is 0 Å². The maximum absolute atomic E-state index is 12.8. The number of aromatic nitrogens is 3. The van der Waals surface area contributed by atoms with Crippen molar-refractivity contribution in [3.63, 3.8) is 0 Å². The molecule has 0 saturated heterocycles. The van der Waals surface area contributed by atoms with Gasteiger partial charge < -0.3 is 4.90 Å². The second kappa shape index (κ2) is 8.55. The van der Waals surface area contributed by atoms with Gasteiger partial charge in [0.25, 0.3) is 5.69 Å². The summed E-state index contributed by atoms with van der Waals surface area (Å²) in [5.41, 5.74) is 4.99. The summed E-state index contributed by atoms with van der Waals surface area (Å²) in [5.74, 6) is -0.0860. The van der Waals surface area contributed by atoms with E-state index in [4.69, 9.17) is 16.6 Å². The highest BCUT2D eigenvalue weighted by Gasteiger charge is 2.18. The van der Waals surface area contributed by atoms with Crippen molar-refractivity contribution in [2.45, 2.75) is 33.2 Å². The van der Waals surface area contributed by atoms with Crippen LogP contribution in [0, 0.1) is 24.0 Å². The number of carbonyl (C=O) groups excluding carboxylic acids is 1. The van der Waals surface area contributed by atoms with E-state index in [1.807, 2.05) is 42.6 Å². The van der Waals surface area contributed by atoms with Gasteiger partial charge in [0, 0.05) is 53.9 Å². The van der Waals surface area contributed by atoms with Crippen LogP contribution in [0.4, 0.5) is 5.69 Å². The molecule has 0 aliphatic heterocycles. The smallest absolute Gasteiger partial charge is 0.269 e. The van der Waals surface area contributed by atoms with Gasteiger partial charge in [-0.25, -0.2) is 9.50 Å². The number of fused-ring (bicyclic) bond motifs is 3. The van der Waals surface area contributed by atoms with Crippen molar-refractivity contribution in [2.24, 2.45) is 0 Å². The first kappa shape index (κ1) is 21.7. The molecule has 4 aromatic rings. The van der Waals surface area contributed by atoms with Crippen molar-refractivity contribution in [3.05, 3.63) is 80.1 Å². The third-order valence-corrected chi connectivity index (χ3v) is 6.05. The lowest BCUT2D eigenvalue weighted by molar-refractivity contribution is -0.384. The monoisotopic (exact) mass is 451 g/mol. The van der Waals surface area contributed by atoms with Crippen molar-refractivity contribution in [3.8, 4) is 0 Å². The summed E-state index contributed by atoms with van der Waals surface area (Å²) in [6.07, 6.45) is 0.793. The summed E-state index contributed by atoms with van der Waals surface area (Å²) in [4.78, 5) is 29.6. The molecular formula is C23H22ClN5O3. The Morgan fingerprint density at radius 3 is 2.72 bits per heavy atom. The van der Waals surface area contributed by atoms with E-state index in [1.165, 1.54) is 23.1 Å². The van der Waals surface area contributed by atoms with Gasteiger partial charge in [0.1, 0.15) is 0 Å². The van der Waals surface area contributed by atoms with Gasteiger partial charge in [-0.2, -0.15) is 5.10 Å². The standard InChI is InChI=1S/C23H22ClN5O3/c1-14-18(15(2)28-23(25-14)19-6-4-5-7-21(19)26-28)9-11-22(30)27(3)13-16-12-17(29(31)32)8-10-20(16)24/h4-8,10,12H,9,11,13H2,1-3H3. The number of nitro benzene ring substituents is 1. The molecule has 1 amide bonds. The van der Waals surface area contributed by atoms with Crippen molar-refractivity contribution in [2.75, 3.05) is 7.05 Å². The number of amides is 1. The van der Waals surface area contributed by atoms with Gasteiger partial charge in [-0.05, 0) is 49.6 Å². The minimum Gasteiger partial charge on any atom is -0.341 e. The number of rotatable bonds is 6. The fourth-order valence-corrected chi connectivity index (χ4v) is 4.08. The van der Waals surface area contributed by atoms with Crippen LogP contribution < -0.4 is 0 Å². The predicted octanol–water partition coefficient (Wildman–Crippen LogP) is 4.65. The van der Waals surface area contributed by atoms with E-state index in [9.17, 15) is 14.9 Å². The Morgan fingerprint density at radius 2 is 1.97 bits per heavy atom. The van der Waals surface area contributed by atoms with Crippen molar-refractivity contribution in [1.82, 2.24) is 19.5 Å². The number of benzene rings is 2. The summed E-state index contributed by atoms with van der Waals surface area (Å²) in [6, 6.07) is 12.1. The van der Waals surface area contributed by atoms with Crippen molar-refractivity contribution >= 4 is 39.7 Å². The molecule has 32 heavy (non-hydrogen) atoms. The SMILES string of the molecule is Cc1nc2c3ccccc3nn2c(C)c1CCC(=O)N(C)Cc1cc([N+](=O)[O-])ccc1Cl. The van der Waals surface area contributed by atoms with Gasteiger partial charge in [-0.3, -0.25) is 14.9 Å². The van der Waals surface area contributed by atoms with Crippen LogP contribution >= 0.6 is 11.6 Å². The van der Waals surface area contributed by atoms with Crippen LogP contribution in [0.25, 0.3) is 16.6 Å².